The van der Waals surface area contributed by atoms with Gasteiger partial charge in [0.25, 0.3) is 0 Å². The SMILES string of the molecule is CCCCCCN(C[O])CCCCCC. The molecule has 0 unspecified atom stereocenters. The fourth-order valence-electron chi connectivity index (χ4n) is 1.77. The molecule has 0 spiro atoms. The van der Waals surface area contributed by atoms with Crippen molar-refractivity contribution in [2.24, 2.45) is 0 Å². The average molecular weight is 214 g/mol. The van der Waals surface area contributed by atoms with Crippen LogP contribution in [0.15, 0.2) is 0 Å². The van der Waals surface area contributed by atoms with Gasteiger partial charge in [0.1, 0.15) is 6.73 Å². The van der Waals surface area contributed by atoms with Gasteiger partial charge in [-0.05, 0) is 12.8 Å². The summed E-state index contributed by atoms with van der Waals surface area (Å²) in [4.78, 5) is 2.06. The molecule has 91 valence electrons. The topological polar surface area (TPSA) is 23.1 Å². The van der Waals surface area contributed by atoms with Crippen LogP contribution in [0.25, 0.3) is 0 Å². The van der Waals surface area contributed by atoms with E-state index in [0.717, 1.165) is 13.1 Å². The van der Waals surface area contributed by atoms with Crippen LogP contribution in [0, 0.1) is 0 Å². The zero-order valence-electron chi connectivity index (χ0n) is 10.6. The van der Waals surface area contributed by atoms with Gasteiger partial charge in [-0.1, -0.05) is 52.4 Å². The minimum atomic E-state index is -0.0156. The zero-order valence-corrected chi connectivity index (χ0v) is 10.6. The second-order valence-electron chi connectivity index (χ2n) is 4.37. The van der Waals surface area contributed by atoms with Gasteiger partial charge in [-0.3, -0.25) is 4.90 Å². The highest BCUT2D eigenvalue weighted by Gasteiger charge is 2.02. The molecule has 0 saturated carbocycles. The van der Waals surface area contributed by atoms with E-state index in [4.69, 9.17) is 0 Å². The summed E-state index contributed by atoms with van der Waals surface area (Å²) < 4.78 is 0. The fraction of sp³-hybridized carbons (Fsp3) is 1.00. The van der Waals surface area contributed by atoms with Gasteiger partial charge in [-0.2, -0.15) is 0 Å². The maximum Gasteiger partial charge on any atom is 0.135 e. The van der Waals surface area contributed by atoms with E-state index in [1.807, 2.05) is 0 Å². The molecule has 0 bridgehead atoms. The van der Waals surface area contributed by atoms with Crippen molar-refractivity contribution in [2.75, 3.05) is 19.8 Å². The van der Waals surface area contributed by atoms with Crippen molar-refractivity contribution in [1.82, 2.24) is 4.90 Å². The normalized spacial score (nSPS) is 11.2. The molecule has 0 aromatic rings. The Balaban J connectivity index is 3.29. The van der Waals surface area contributed by atoms with Gasteiger partial charge in [0.15, 0.2) is 0 Å². The molecule has 2 heteroatoms. The van der Waals surface area contributed by atoms with Crippen LogP contribution in [0.3, 0.4) is 0 Å². The van der Waals surface area contributed by atoms with Gasteiger partial charge in [0.2, 0.25) is 0 Å². The lowest BCUT2D eigenvalue weighted by Gasteiger charge is -2.18. The van der Waals surface area contributed by atoms with Gasteiger partial charge >= 0.3 is 0 Å². The molecule has 0 N–H and O–H groups in total. The monoisotopic (exact) mass is 214 g/mol. The Hall–Kier alpha value is -0.0800. The molecule has 0 saturated heterocycles. The predicted octanol–water partition coefficient (Wildman–Crippen LogP) is 3.84. The van der Waals surface area contributed by atoms with E-state index >= 15 is 0 Å². The first-order valence-corrected chi connectivity index (χ1v) is 6.65. The van der Waals surface area contributed by atoms with Crippen LogP contribution >= 0.6 is 0 Å². The first kappa shape index (κ1) is 14.9. The van der Waals surface area contributed by atoms with Crippen LogP contribution in [-0.4, -0.2) is 24.7 Å². The molecule has 0 aromatic carbocycles. The Morgan fingerprint density at radius 2 is 1.20 bits per heavy atom. The summed E-state index contributed by atoms with van der Waals surface area (Å²) in [5.41, 5.74) is 0. The lowest BCUT2D eigenvalue weighted by Crippen LogP contribution is -2.26. The third-order valence-corrected chi connectivity index (χ3v) is 2.84. The van der Waals surface area contributed by atoms with E-state index < -0.39 is 0 Å². The molecule has 0 aliphatic carbocycles. The summed E-state index contributed by atoms with van der Waals surface area (Å²) in [6.07, 6.45) is 10.1. The Bertz CT molecular complexity index is 105. The van der Waals surface area contributed by atoms with Crippen molar-refractivity contribution in [3.63, 3.8) is 0 Å². The maximum atomic E-state index is 10.9. The van der Waals surface area contributed by atoms with Crippen LogP contribution in [-0.2, 0) is 5.11 Å². The summed E-state index contributed by atoms with van der Waals surface area (Å²) in [5.74, 6) is 0. The number of nitrogens with zero attached hydrogens (tertiary/aromatic N) is 1. The van der Waals surface area contributed by atoms with Crippen molar-refractivity contribution >= 4 is 0 Å². The number of unbranched alkanes of at least 4 members (excludes halogenated alkanes) is 6. The van der Waals surface area contributed by atoms with Crippen LogP contribution < -0.4 is 0 Å². The third-order valence-electron chi connectivity index (χ3n) is 2.84. The Kier molecular flexibility index (Phi) is 11.9. The molecule has 15 heavy (non-hydrogen) atoms. The first-order valence-electron chi connectivity index (χ1n) is 6.65. The molecule has 0 amide bonds. The van der Waals surface area contributed by atoms with Crippen molar-refractivity contribution in [3.8, 4) is 0 Å². The molecule has 0 aromatic heterocycles. The van der Waals surface area contributed by atoms with Crippen LogP contribution in [0.2, 0.25) is 0 Å². The standard InChI is InChI=1S/C13H28NO/c1-3-5-7-9-11-14(13-15)12-10-8-6-4-2/h3-13H2,1-2H3. The van der Waals surface area contributed by atoms with Crippen LogP contribution in [0.1, 0.15) is 65.2 Å². The summed E-state index contributed by atoms with van der Waals surface area (Å²) in [6.45, 7) is 6.44. The highest BCUT2D eigenvalue weighted by Crippen LogP contribution is 2.04. The van der Waals surface area contributed by atoms with Gasteiger partial charge < -0.3 is 0 Å². The molecule has 0 atom stereocenters. The Morgan fingerprint density at radius 3 is 1.53 bits per heavy atom. The van der Waals surface area contributed by atoms with Crippen molar-refractivity contribution in [2.45, 2.75) is 65.2 Å². The second kappa shape index (κ2) is 12.0. The van der Waals surface area contributed by atoms with Crippen LogP contribution in [0.4, 0.5) is 0 Å². The quantitative estimate of drug-likeness (QED) is 0.378. The summed E-state index contributed by atoms with van der Waals surface area (Å²) in [5, 5.41) is 10.9. The molecule has 2 nitrogen and oxygen atoms in total. The van der Waals surface area contributed by atoms with E-state index in [1.165, 1.54) is 51.4 Å². The van der Waals surface area contributed by atoms with Crippen LogP contribution in [0.5, 0.6) is 0 Å². The lowest BCUT2D eigenvalue weighted by molar-refractivity contribution is 0.0487. The van der Waals surface area contributed by atoms with E-state index in [1.54, 1.807) is 0 Å². The zero-order chi connectivity index (χ0) is 11.4. The average Bonchev–Trinajstić information content (AvgIpc) is 2.27. The Morgan fingerprint density at radius 1 is 0.733 bits per heavy atom. The largest absolute Gasteiger partial charge is 0.278 e. The van der Waals surface area contributed by atoms with Gasteiger partial charge in [-0.25, -0.2) is 5.11 Å². The molecule has 1 radical (unpaired) electrons. The molecule has 0 fully saturated rings. The highest BCUT2D eigenvalue weighted by atomic mass is 16.3. The minimum absolute atomic E-state index is 0.0156. The summed E-state index contributed by atoms with van der Waals surface area (Å²) >= 11 is 0. The van der Waals surface area contributed by atoms with Gasteiger partial charge in [0, 0.05) is 13.1 Å². The molecule has 0 aliphatic heterocycles. The van der Waals surface area contributed by atoms with Gasteiger partial charge in [0.05, 0.1) is 0 Å². The second-order valence-corrected chi connectivity index (χ2v) is 4.37. The fourth-order valence-corrected chi connectivity index (χ4v) is 1.77. The maximum absolute atomic E-state index is 10.9. The van der Waals surface area contributed by atoms with Crippen molar-refractivity contribution in [3.05, 3.63) is 0 Å². The third kappa shape index (κ3) is 10.2. The number of rotatable bonds is 11. The minimum Gasteiger partial charge on any atom is -0.278 e. The van der Waals surface area contributed by atoms with Crippen molar-refractivity contribution < 1.29 is 5.11 Å². The molecule has 0 heterocycles. The van der Waals surface area contributed by atoms with Gasteiger partial charge in [-0.15, -0.1) is 0 Å². The van der Waals surface area contributed by atoms with E-state index in [2.05, 4.69) is 18.7 Å². The number of hydrogen-bond donors (Lipinski definition) is 0. The predicted molar refractivity (Wildman–Crippen MR) is 65.4 cm³/mol. The first-order chi connectivity index (χ1) is 7.35. The van der Waals surface area contributed by atoms with E-state index in [-0.39, 0.29) is 6.73 Å². The molecular formula is C13H28NO. The molecular weight excluding hydrogens is 186 g/mol. The van der Waals surface area contributed by atoms with E-state index in [9.17, 15) is 5.11 Å². The molecule has 0 aliphatic rings. The smallest absolute Gasteiger partial charge is 0.135 e. The summed E-state index contributed by atoms with van der Waals surface area (Å²) in [7, 11) is 0. The summed E-state index contributed by atoms with van der Waals surface area (Å²) in [6, 6.07) is 0. The molecule has 0 rings (SSSR count). The highest BCUT2D eigenvalue weighted by molar-refractivity contribution is 4.54. The van der Waals surface area contributed by atoms with Crippen molar-refractivity contribution in [1.29, 1.82) is 0 Å². The number of hydrogen-bond acceptors (Lipinski definition) is 1. The lowest BCUT2D eigenvalue weighted by atomic mass is 10.2. The van der Waals surface area contributed by atoms with E-state index in [0.29, 0.717) is 0 Å². The Labute approximate surface area is 95.7 Å².